The van der Waals surface area contributed by atoms with E-state index in [9.17, 15) is 9.90 Å². The number of carbonyl (C=O) groups excluding carboxylic acids is 1. The Morgan fingerprint density at radius 2 is 1.83 bits per heavy atom. The van der Waals surface area contributed by atoms with E-state index in [1.807, 2.05) is 44.2 Å². The highest BCUT2D eigenvalue weighted by Crippen LogP contribution is 2.50. The van der Waals surface area contributed by atoms with Gasteiger partial charge in [-0.2, -0.15) is 0 Å². The molecule has 6 N–H and O–H groups in total. The minimum absolute atomic E-state index is 0.0521. The lowest BCUT2D eigenvalue weighted by atomic mass is 9.67. The Bertz CT molecular complexity index is 1380. The number of nitrogens with one attached hydrogen (secondary N) is 2. The van der Waals surface area contributed by atoms with E-state index in [2.05, 4.69) is 10.6 Å². The average molecular weight is 607 g/mol. The SMILES string of the molecule is CC(C)(C[C@@H]1N[C@@H](C(=O)NCC[C@H](O)CO)[C@H](c2cccc(Cl)c2F)[C@@]1(N)c1ccc(Cl)cc1F)c1ccccc1. The van der Waals surface area contributed by atoms with E-state index in [1.54, 1.807) is 6.07 Å². The number of nitrogens with two attached hydrogens (primary N) is 1. The van der Waals surface area contributed by atoms with Crippen LogP contribution in [0.1, 0.15) is 49.3 Å². The molecule has 5 atom stereocenters. The second-order valence-electron chi connectivity index (χ2n) is 11.2. The Kier molecular flexibility index (Phi) is 9.74. The van der Waals surface area contributed by atoms with Gasteiger partial charge >= 0.3 is 0 Å². The summed E-state index contributed by atoms with van der Waals surface area (Å²) in [6.07, 6.45) is -0.541. The molecule has 10 heteroatoms. The molecule has 0 aromatic heterocycles. The van der Waals surface area contributed by atoms with Gasteiger partial charge in [-0.3, -0.25) is 4.79 Å². The molecule has 0 saturated carbocycles. The summed E-state index contributed by atoms with van der Waals surface area (Å²) < 4.78 is 31.5. The molecule has 41 heavy (non-hydrogen) atoms. The number of rotatable bonds is 10. The average Bonchev–Trinajstić information content (AvgIpc) is 3.22. The van der Waals surface area contributed by atoms with Gasteiger partial charge in [0.15, 0.2) is 0 Å². The quantitative estimate of drug-likeness (QED) is 0.229. The first-order valence-electron chi connectivity index (χ1n) is 13.5. The highest BCUT2D eigenvalue weighted by Gasteiger charge is 2.58. The van der Waals surface area contributed by atoms with Crippen molar-refractivity contribution in [1.29, 1.82) is 0 Å². The van der Waals surface area contributed by atoms with Crippen molar-refractivity contribution in [1.82, 2.24) is 10.6 Å². The van der Waals surface area contributed by atoms with Crippen molar-refractivity contribution in [3.8, 4) is 0 Å². The maximum atomic E-state index is 15.7. The molecule has 220 valence electrons. The zero-order valence-electron chi connectivity index (χ0n) is 22.9. The standard InChI is InChI=1S/C31H35Cl2F2N3O3/c1-30(2,18-7-4-3-5-8-18)16-25-31(36,22-12-11-19(32)15-24(22)34)26(21-9-6-10-23(33)27(21)35)28(38-25)29(41)37-14-13-20(40)17-39/h3-12,15,20,25-26,28,38-40H,13-14,16-17,36H2,1-2H3,(H,37,41)/t20-,25-,26-,28+,31+/m0/s1. The van der Waals surface area contributed by atoms with E-state index in [1.165, 1.54) is 24.3 Å². The molecular weight excluding hydrogens is 571 g/mol. The first-order chi connectivity index (χ1) is 19.4. The Morgan fingerprint density at radius 3 is 2.49 bits per heavy atom. The predicted octanol–water partition coefficient (Wildman–Crippen LogP) is 4.78. The van der Waals surface area contributed by atoms with Crippen molar-refractivity contribution in [3.63, 3.8) is 0 Å². The molecule has 3 aromatic carbocycles. The predicted molar refractivity (Wildman–Crippen MR) is 157 cm³/mol. The van der Waals surface area contributed by atoms with Crippen LogP contribution in [0, 0.1) is 11.6 Å². The minimum atomic E-state index is -1.63. The van der Waals surface area contributed by atoms with Crippen LogP contribution in [0.25, 0.3) is 0 Å². The topological polar surface area (TPSA) is 108 Å². The highest BCUT2D eigenvalue weighted by atomic mass is 35.5. The summed E-state index contributed by atoms with van der Waals surface area (Å²) in [5, 5.41) is 25.0. The smallest absolute Gasteiger partial charge is 0.237 e. The van der Waals surface area contributed by atoms with Gasteiger partial charge in [-0.05, 0) is 47.6 Å². The second kappa shape index (κ2) is 12.7. The monoisotopic (exact) mass is 605 g/mol. The number of carbonyl (C=O) groups is 1. The molecule has 1 aliphatic heterocycles. The molecule has 0 aliphatic carbocycles. The largest absolute Gasteiger partial charge is 0.394 e. The molecule has 4 rings (SSSR count). The van der Waals surface area contributed by atoms with Crippen molar-refractivity contribution >= 4 is 29.1 Å². The van der Waals surface area contributed by atoms with Gasteiger partial charge in [0, 0.05) is 29.1 Å². The fourth-order valence-corrected chi connectivity index (χ4v) is 6.21. The fraction of sp³-hybridized carbons (Fsp3) is 0.387. The number of halogens is 4. The van der Waals surface area contributed by atoms with Crippen LogP contribution in [0.2, 0.25) is 10.0 Å². The van der Waals surface area contributed by atoms with Crippen LogP contribution in [-0.4, -0.2) is 47.5 Å². The Hall–Kier alpha value is -2.59. The van der Waals surface area contributed by atoms with Crippen LogP contribution >= 0.6 is 23.2 Å². The second-order valence-corrected chi connectivity index (χ2v) is 12.1. The lowest BCUT2D eigenvalue weighted by Crippen LogP contribution is -2.53. The van der Waals surface area contributed by atoms with Crippen molar-refractivity contribution in [2.24, 2.45) is 5.73 Å². The fourth-order valence-electron chi connectivity index (χ4n) is 5.87. The molecule has 0 bridgehead atoms. The van der Waals surface area contributed by atoms with Crippen LogP contribution in [0.4, 0.5) is 8.78 Å². The normalized spacial score (nSPS) is 23.4. The summed E-state index contributed by atoms with van der Waals surface area (Å²) in [5.74, 6) is -3.02. The van der Waals surface area contributed by atoms with Gasteiger partial charge in [0.25, 0.3) is 0 Å². The molecule has 1 fully saturated rings. The van der Waals surface area contributed by atoms with Gasteiger partial charge in [-0.1, -0.05) is 85.6 Å². The van der Waals surface area contributed by atoms with E-state index >= 15 is 8.78 Å². The summed E-state index contributed by atoms with van der Waals surface area (Å²) >= 11 is 12.3. The summed E-state index contributed by atoms with van der Waals surface area (Å²) in [4.78, 5) is 13.7. The number of hydrogen-bond acceptors (Lipinski definition) is 5. The number of amides is 1. The first kappa shape index (κ1) is 31.3. The number of aliphatic hydroxyl groups excluding tert-OH is 2. The summed E-state index contributed by atoms with van der Waals surface area (Å²) in [6.45, 7) is 3.66. The van der Waals surface area contributed by atoms with Crippen LogP contribution in [0.5, 0.6) is 0 Å². The van der Waals surface area contributed by atoms with Gasteiger partial charge < -0.3 is 26.6 Å². The molecule has 0 unspecified atom stereocenters. The maximum Gasteiger partial charge on any atom is 0.237 e. The van der Waals surface area contributed by atoms with Crippen molar-refractivity contribution in [3.05, 3.63) is 105 Å². The van der Waals surface area contributed by atoms with Gasteiger partial charge in [0.05, 0.1) is 29.3 Å². The van der Waals surface area contributed by atoms with E-state index in [0.717, 1.165) is 11.6 Å². The van der Waals surface area contributed by atoms with Crippen LogP contribution in [0.3, 0.4) is 0 Å². The lowest BCUT2D eigenvalue weighted by molar-refractivity contribution is -0.123. The molecule has 1 heterocycles. The molecule has 3 aromatic rings. The summed E-state index contributed by atoms with van der Waals surface area (Å²) in [7, 11) is 0. The van der Waals surface area contributed by atoms with E-state index < -0.39 is 59.2 Å². The molecule has 6 nitrogen and oxygen atoms in total. The van der Waals surface area contributed by atoms with Gasteiger partial charge in [0.1, 0.15) is 11.6 Å². The number of benzene rings is 3. The first-order valence-corrected chi connectivity index (χ1v) is 14.2. The van der Waals surface area contributed by atoms with Gasteiger partial charge in [-0.25, -0.2) is 8.78 Å². The van der Waals surface area contributed by atoms with Crippen molar-refractivity contribution in [2.45, 2.75) is 61.7 Å². The van der Waals surface area contributed by atoms with E-state index in [-0.39, 0.29) is 34.1 Å². The third kappa shape index (κ3) is 6.43. The highest BCUT2D eigenvalue weighted by molar-refractivity contribution is 6.31. The lowest BCUT2D eigenvalue weighted by Gasteiger charge is -2.40. The number of hydrogen-bond donors (Lipinski definition) is 5. The van der Waals surface area contributed by atoms with E-state index in [4.69, 9.17) is 34.0 Å². The molecular formula is C31H35Cl2F2N3O3. The summed E-state index contributed by atoms with van der Waals surface area (Å²) in [6, 6.07) is 16.5. The third-order valence-electron chi connectivity index (χ3n) is 8.06. The Morgan fingerprint density at radius 1 is 1.12 bits per heavy atom. The van der Waals surface area contributed by atoms with E-state index in [0.29, 0.717) is 6.42 Å². The third-order valence-corrected chi connectivity index (χ3v) is 8.59. The van der Waals surface area contributed by atoms with Crippen molar-refractivity contribution in [2.75, 3.05) is 13.2 Å². The molecule has 1 aliphatic rings. The van der Waals surface area contributed by atoms with Crippen molar-refractivity contribution < 1.29 is 23.8 Å². The van der Waals surface area contributed by atoms with Crippen LogP contribution < -0.4 is 16.4 Å². The molecule has 1 saturated heterocycles. The Labute approximate surface area is 248 Å². The number of aliphatic hydroxyl groups is 2. The summed E-state index contributed by atoms with van der Waals surface area (Å²) in [5.41, 5.74) is 6.32. The Balaban J connectivity index is 1.87. The zero-order valence-corrected chi connectivity index (χ0v) is 24.4. The zero-order chi connectivity index (χ0) is 29.9. The van der Waals surface area contributed by atoms with Gasteiger partial charge in [0.2, 0.25) is 5.91 Å². The van der Waals surface area contributed by atoms with Gasteiger partial charge in [-0.15, -0.1) is 0 Å². The van der Waals surface area contributed by atoms with Crippen LogP contribution in [-0.2, 0) is 15.7 Å². The maximum absolute atomic E-state index is 15.7. The molecule has 0 spiro atoms. The minimum Gasteiger partial charge on any atom is -0.394 e. The molecule has 1 amide bonds. The molecule has 0 radical (unpaired) electrons. The van der Waals surface area contributed by atoms with Crippen LogP contribution in [0.15, 0.2) is 66.7 Å².